The molecular weight excluding hydrogens is 596 g/mol. The Morgan fingerprint density at radius 3 is 2.50 bits per heavy atom. The lowest BCUT2D eigenvalue weighted by molar-refractivity contribution is -0.143. The summed E-state index contributed by atoms with van der Waals surface area (Å²) in [6.45, 7) is 11.7. The van der Waals surface area contributed by atoms with Gasteiger partial charge in [0, 0.05) is 54.4 Å². The van der Waals surface area contributed by atoms with Crippen molar-refractivity contribution in [2.24, 2.45) is 0 Å². The second kappa shape index (κ2) is 13.6. The van der Waals surface area contributed by atoms with Gasteiger partial charge in [-0.2, -0.15) is 0 Å². The number of Topliss-reactive ketones (excluding diaryl/α,β-unsaturated/α-hetero) is 1. The molecule has 1 aromatic carbocycles. The molecule has 3 aliphatic rings. The highest BCUT2D eigenvalue weighted by Gasteiger charge is 2.32. The smallest absolute Gasteiger partial charge is 0.305 e. The van der Waals surface area contributed by atoms with Crippen LogP contribution >= 0.6 is 17.0 Å². The molecule has 228 valence electrons. The van der Waals surface area contributed by atoms with Gasteiger partial charge in [0.2, 0.25) is 0 Å². The maximum atomic E-state index is 13.8. The minimum atomic E-state index is -0.245. The van der Waals surface area contributed by atoms with Gasteiger partial charge in [-0.1, -0.05) is 26.8 Å². The zero-order chi connectivity index (χ0) is 29.1. The second-order valence-corrected chi connectivity index (χ2v) is 12.6. The molecule has 2 fully saturated rings. The molecule has 8 nitrogen and oxygen atoms in total. The van der Waals surface area contributed by atoms with Crippen LogP contribution in [0.25, 0.3) is 0 Å². The Morgan fingerprint density at radius 2 is 1.83 bits per heavy atom. The molecule has 1 saturated carbocycles. The van der Waals surface area contributed by atoms with Gasteiger partial charge in [0.1, 0.15) is 17.3 Å². The van der Waals surface area contributed by atoms with E-state index < -0.39 is 0 Å². The molecule has 5 rings (SSSR count). The van der Waals surface area contributed by atoms with E-state index in [1.807, 2.05) is 24.0 Å². The van der Waals surface area contributed by atoms with Gasteiger partial charge in [0.15, 0.2) is 5.78 Å². The van der Waals surface area contributed by atoms with Gasteiger partial charge in [0.05, 0.1) is 25.4 Å². The van der Waals surface area contributed by atoms with Crippen LogP contribution in [0.3, 0.4) is 0 Å². The molecule has 0 amide bonds. The lowest BCUT2D eigenvalue weighted by Crippen LogP contribution is -2.31. The first-order chi connectivity index (χ1) is 19.7. The summed E-state index contributed by atoms with van der Waals surface area (Å²) in [6.07, 6.45) is 6.41. The first-order valence-electron chi connectivity index (χ1n) is 15.2. The summed E-state index contributed by atoms with van der Waals surface area (Å²) < 4.78 is 11.5. The SMILES string of the molecule is Br.CCOC(=O)CCCCOc1c(N2CCCC2)cc(C(=O)CN2Cc3ccc(C4CC4)nc3C2=N)cc1C(C)(C)C. The zero-order valence-corrected chi connectivity index (χ0v) is 27.2. The topological polar surface area (TPSA) is 95.8 Å². The van der Waals surface area contributed by atoms with Gasteiger partial charge < -0.3 is 19.3 Å². The number of pyridine rings is 1. The van der Waals surface area contributed by atoms with Crippen LogP contribution in [0.15, 0.2) is 24.3 Å². The highest BCUT2D eigenvalue weighted by Crippen LogP contribution is 2.42. The summed E-state index contributed by atoms with van der Waals surface area (Å²) in [7, 11) is 0. The molecule has 1 aliphatic carbocycles. The number of esters is 1. The normalized spacial score (nSPS) is 16.3. The molecule has 1 N–H and O–H groups in total. The molecule has 2 aliphatic heterocycles. The number of fused-ring (bicyclic) bond motifs is 1. The van der Waals surface area contributed by atoms with E-state index >= 15 is 0 Å². The summed E-state index contributed by atoms with van der Waals surface area (Å²) in [5.41, 5.74) is 5.20. The van der Waals surface area contributed by atoms with Crippen LogP contribution < -0.4 is 9.64 Å². The van der Waals surface area contributed by atoms with E-state index in [0.717, 1.165) is 66.3 Å². The summed E-state index contributed by atoms with van der Waals surface area (Å²) in [4.78, 5) is 34.5. The van der Waals surface area contributed by atoms with E-state index in [1.54, 1.807) is 0 Å². The molecule has 0 unspecified atom stereocenters. The van der Waals surface area contributed by atoms with Crippen LogP contribution in [-0.2, 0) is 21.5 Å². The van der Waals surface area contributed by atoms with E-state index in [2.05, 4.69) is 37.8 Å². The number of carbonyl (C=O) groups excluding carboxylic acids is 2. The number of anilines is 1. The third-order valence-electron chi connectivity index (χ3n) is 8.21. The van der Waals surface area contributed by atoms with Crippen LogP contribution in [0.1, 0.15) is 111 Å². The number of amidine groups is 1. The third-order valence-corrected chi connectivity index (χ3v) is 8.21. The number of ketones is 1. The molecule has 9 heteroatoms. The first kappa shape index (κ1) is 32.0. The Bertz CT molecular complexity index is 1310. The number of benzene rings is 1. The van der Waals surface area contributed by atoms with Gasteiger partial charge >= 0.3 is 5.97 Å². The van der Waals surface area contributed by atoms with Gasteiger partial charge in [-0.05, 0) is 69.1 Å². The fraction of sp³-hybridized carbons (Fsp3) is 0.576. The van der Waals surface area contributed by atoms with Crippen LogP contribution in [-0.4, -0.2) is 60.3 Å². The minimum absolute atomic E-state index is 0. The summed E-state index contributed by atoms with van der Waals surface area (Å²) in [5.74, 6) is 1.54. The Hall–Kier alpha value is -2.94. The maximum absolute atomic E-state index is 13.8. The third kappa shape index (κ3) is 7.33. The van der Waals surface area contributed by atoms with Crippen molar-refractivity contribution in [2.45, 2.75) is 90.5 Å². The average molecular weight is 642 g/mol. The van der Waals surface area contributed by atoms with E-state index in [4.69, 9.17) is 19.9 Å². The highest BCUT2D eigenvalue weighted by molar-refractivity contribution is 8.93. The second-order valence-electron chi connectivity index (χ2n) is 12.6. The van der Waals surface area contributed by atoms with Crippen molar-refractivity contribution in [3.05, 3.63) is 52.3 Å². The van der Waals surface area contributed by atoms with Crippen LogP contribution in [0.5, 0.6) is 5.75 Å². The Balaban J connectivity index is 0.00000405. The molecule has 2 aromatic rings. The van der Waals surface area contributed by atoms with Crippen LogP contribution in [0.4, 0.5) is 5.69 Å². The van der Waals surface area contributed by atoms with E-state index in [0.29, 0.717) is 49.9 Å². The number of unbranched alkanes of at least 4 members (excludes halogenated alkanes) is 1. The van der Waals surface area contributed by atoms with Crippen molar-refractivity contribution in [1.29, 1.82) is 5.41 Å². The Morgan fingerprint density at radius 1 is 1.10 bits per heavy atom. The van der Waals surface area contributed by atoms with Crippen molar-refractivity contribution in [2.75, 3.05) is 37.7 Å². The van der Waals surface area contributed by atoms with Crippen molar-refractivity contribution in [1.82, 2.24) is 9.88 Å². The van der Waals surface area contributed by atoms with Crippen molar-refractivity contribution in [3.8, 4) is 5.75 Å². The molecule has 0 radical (unpaired) electrons. The van der Waals surface area contributed by atoms with Gasteiger partial charge in [-0.3, -0.25) is 15.0 Å². The molecule has 0 spiro atoms. The number of aromatic nitrogens is 1. The van der Waals surface area contributed by atoms with Crippen LogP contribution in [0.2, 0.25) is 0 Å². The lowest BCUT2D eigenvalue weighted by Gasteiger charge is -2.30. The molecule has 0 bridgehead atoms. The predicted octanol–water partition coefficient (Wildman–Crippen LogP) is 6.57. The number of nitrogens with zero attached hydrogens (tertiary/aromatic N) is 3. The van der Waals surface area contributed by atoms with Crippen molar-refractivity contribution >= 4 is 40.3 Å². The van der Waals surface area contributed by atoms with Gasteiger partial charge in [-0.25, -0.2) is 4.98 Å². The molecule has 3 heterocycles. The van der Waals surface area contributed by atoms with Crippen LogP contribution in [0, 0.1) is 5.41 Å². The number of carbonyl (C=O) groups is 2. The first-order valence-corrected chi connectivity index (χ1v) is 15.2. The molecule has 42 heavy (non-hydrogen) atoms. The molecular formula is C33H45BrN4O4. The standard InChI is InChI=1S/C33H44N4O4.BrH/c1-5-40-29(39)10-6-9-17-41-31-25(33(2,3)4)18-24(19-27(31)36-15-7-8-16-36)28(38)21-37-20-23-13-14-26(22-11-12-22)35-30(23)32(37)34;/h13-14,18-19,22,34H,5-12,15-17,20-21H2,1-4H3;1H. The Kier molecular flexibility index (Phi) is 10.3. The number of halogens is 1. The number of rotatable bonds is 12. The summed E-state index contributed by atoms with van der Waals surface area (Å²) in [6, 6.07) is 8.15. The lowest BCUT2D eigenvalue weighted by atomic mass is 9.84. The van der Waals surface area contributed by atoms with Crippen molar-refractivity contribution < 1.29 is 19.1 Å². The van der Waals surface area contributed by atoms with Gasteiger partial charge in [-0.15, -0.1) is 17.0 Å². The number of hydrogen-bond acceptors (Lipinski definition) is 7. The quantitative estimate of drug-likeness (QED) is 0.159. The molecule has 1 saturated heterocycles. The van der Waals surface area contributed by atoms with E-state index in [9.17, 15) is 9.59 Å². The maximum Gasteiger partial charge on any atom is 0.305 e. The fourth-order valence-electron chi connectivity index (χ4n) is 5.73. The molecule has 0 atom stereocenters. The number of hydrogen-bond donors (Lipinski definition) is 1. The van der Waals surface area contributed by atoms with E-state index in [-0.39, 0.29) is 40.7 Å². The summed E-state index contributed by atoms with van der Waals surface area (Å²) >= 11 is 0. The largest absolute Gasteiger partial charge is 0.491 e. The summed E-state index contributed by atoms with van der Waals surface area (Å²) in [5, 5.41) is 8.77. The van der Waals surface area contributed by atoms with E-state index in [1.165, 1.54) is 12.8 Å². The predicted molar refractivity (Wildman–Crippen MR) is 171 cm³/mol. The zero-order valence-electron chi connectivity index (χ0n) is 25.5. The van der Waals surface area contributed by atoms with Gasteiger partial charge in [0.25, 0.3) is 0 Å². The average Bonchev–Trinajstić information content (AvgIpc) is 3.55. The fourth-order valence-corrected chi connectivity index (χ4v) is 5.73. The minimum Gasteiger partial charge on any atom is -0.491 e. The number of nitrogens with one attached hydrogen (secondary N) is 1. The van der Waals surface area contributed by atoms with Crippen molar-refractivity contribution in [3.63, 3.8) is 0 Å². The monoisotopic (exact) mass is 640 g/mol. The Labute approximate surface area is 260 Å². The molecule has 1 aromatic heterocycles. The number of ether oxygens (including phenoxy) is 2. The highest BCUT2D eigenvalue weighted by atomic mass is 79.9.